The van der Waals surface area contributed by atoms with Crippen molar-refractivity contribution in [3.63, 3.8) is 0 Å². The summed E-state index contributed by atoms with van der Waals surface area (Å²) >= 11 is 3.63. The number of anilines is 1. The lowest BCUT2D eigenvalue weighted by Crippen LogP contribution is -2.45. The molecule has 0 aromatic heterocycles. The molecule has 0 saturated carbocycles. The van der Waals surface area contributed by atoms with Crippen molar-refractivity contribution in [2.75, 3.05) is 18.0 Å². The highest BCUT2D eigenvalue weighted by molar-refractivity contribution is 9.10. The zero-order chi connectivity index (χ0) is 9.42. The molecule has 0 amide bonds. The zero-order valence-corrected chi connectivity index (χ0v) is 9.63. The molecule has 0 aliphatic carbocycles. The van der Waals surface area contributed by atoms with Crippen LogP contribution in [0.3, 0.4) is 0 Å². The predicted molar refractivity (Wildman–Crippen MR) is 60.3 cm³/mol. The highest BCUT2D eigenvalue weighted by atomic mass is 79.9. The van der Waals surface area contributed by atoms with E-state index in [1.54, 1.807) is 0 Å². The van der Waals surface area contributed by atoms with Crippen molar-refractivity contribution in [1.82, 2.24) is 0 Å². The summed E-state index contributed by atoms with van der Waals surface area (Å²) < 4.78 is 1.25. The summed E-state index contributed by atoms with van der Waals surface area (Å²) in [6.07, 6.45) is 0. The minimum absolute atomic E-state index is 0.854. The average Bonchev–Trinajstić information content (AvgIpc) is 2.05. The van der Waals surface area contributed by atoms with Crippen LogP contribution in [0.15, 0.2) is 22.7 Å². The minimum atomic E-state index is 0.854. The fourth-order valence-electron chi connectivity index (χ4n) is 1.77. The number of halogens is 1. The van der Waals surface area contributed by atoms with Crippen LogP contribution in [0, 0.1) is 12.8 Å². The molecular weight excluding hydrogens is 226 g/mol. The first-order chi connectivity index (χ1) is 6.18. The fourth-order valence-corrected chi connectivity index (χ4v) is 2.29. The smallest absolute Gasteiger partial charge is 0.0513 e. The summed E-state index contributed by atoms with van der Waals surface area (Å²) in [5.41, 5.74) is 2.66. The van der Waals surface area contributed by atoms with Crippen molar-refractivity contribution in [3.05, 3.63) is 28.2 Å². The molecule has 0 spiro atoms. The normalized spacial score (nSPS) is 17.3. The molecule has 0 bridgehead atoms. The Hall–Kier alpha value is -0.500. The lowest BCUT2D eigenvalue weighted by molar-refractivity contribution is 0.446. The molecule has 1 nitrogen and oxygen atoms in total. The Morgan fingerprint density at radius 1 is 1.38 bits per heavy atom. The Labute approximate surface area is 87.9 Å². The van der Waals surface area contributed by atoms with E-state index in [-0.39, 0.29) is 0 Å². The van der Waals surface area contributed by atoms with Gasteiger partial charge in [-0.2, -0.15) is 0 Å². The van der Waals surface area contributed by atoms with E-state index in [1.165, 1.54) is 28.8 Å². The second kappa shape index (κ2) is 3.33. The van der Waals surface area contributed by atoms with Gasteiger partial charge in [0.25, 0.3) is 0 Å². The standard InChI is InChI=1S/C11H14BrN/c1-8-6-13(7-8)10-5-3-4-9(2)11(10)12/h3-5,8H,6-7H2,1-2H3. The molecule has 1 heterocycles. The molecule has 0 unspecified atom stereocenters. The third kappa shape index (κ3) is 1.60. The molecule has 0 radical (unpaired) electrons. The second-order valence-electron chi connectivity index (χ2n) is 3.92. The quantitative estimate of drug-likeness (QED) is 0.728. The molecule has 1 aliphatic heterocycles. The third-order valence-corrected chi connectivity index (χ3v) is 3.61. The molecule has 1 saturated heterocycles. The lowest BCUT2D eigenvalue weighted by Gasteiger charge is -2.40. The van der Waals surface area contributed by atoms with Crippen molar-refractivity contribution in [2.45, 2.75) is 13.8 Å². The first-order valence-corrected chi connectivity index (χ1v) is 5.48. The molecule has 1 aromatic carbocycles. The van der Waals surface area contributed by atoms with Gasteiger partial charge in [0.05, 0.1) is 5.69 Å². The molecule has 70 valence electrons. The van der Waals surface area contributed by atoms with Crippen molar-refractivity contribution in [1.29, 1.82) is 0 Å². The maximum Gasteiger partial charge on any atom is 0.0513 e. The van der Waals surface area contributed by atoms with E-state index in [0.29, 0.717) is 0 Å². The zero-order valence-electron chi connectivity index (χ0n) is 8.05. The molecule has 2 heteroatoms. The van der Waals surface area contributed by atoms with E-state index < -0.39 is 0 Å². The number of benzene rings is 1. The monoisotopic (exact) mass is 239 g/mol. The molecule has 0 atom stereocenters. The summed E-state index contributed by atoms with van der Waals surface area (Å²) in [5, 5.41) is 0. The van der Waals surface area contributed by atoms with Crippen LogP contribution in [0.2, 0.25) is 0 Å². The number of hydrogen-bond acceptors (Lipinski definition) is 1. The van der Waals surface area contributed by atoms with E-state index in [9.17, 15) is 0 Å². The number of rotatable bonds is 1. The van der Waals surface area contributed by atoms with Gasteiger partial charge in [0.15, 0.2) is 0 Å². The summed E-state index contributed by atoms with van der Waals surface area (Å²) in [4.78, 5) is 2.42. The van der Waals surface area contributed by atoms with Gasteiger partial charge in [-0.3, -0.25) is 0 Å². The van der Waals surface area contributed by atoms with Crippen molar-refractivity contribution in [3.8, 4) is 0 Å². The van der Waals surface area contributed by atoms with Crippen molar-refractivity contribution < 1.29 is 0 Å². The Bertz CT molecular complexity index is 316. The Kier molecular flexibility index (Phi) is 2.33. The largest absolute Gasteiger partial charge is 0.370 e. The van der Waals surface area contributed by atoms with Crippen LogP contribution in [0.5, 0.6) is 0 Å². The topological polar surface area (TPSA) is 3.24 Å². The van der Waals surface area contributed by atoms with Gasteiger partial charge in [0.1, 0.15) is 0 Å². The number of hydrogen-bond donors (Lipinski definition) is 0. The van der Waals surface area contributed by atoms with E-state index in [2.05, 4.69) is 52.9 Å². The van der Waals surface area contributed by atoms with Gasteiger partial charge < -0.3 is 4.90 Å². The Morgan fingerprint density at radius 3 is 2.69 bits per heavy atom. The fraction of sp³-hybridized carbons (Fsp3) is 0.455. The molecule has 13 heavy (non-hydrogen) atoms. The summed E-state index contributed by atoms with van der Waals surface area (Å²) in [5.74, 6) is 0.854. The van der Waals surface area contributed by atoms with Gasteiger partial charge in [-0.25, -0.2) is 0 Å². The Morgan fingerprint density at radius 2 is 2.08 bits per heavy atom. The van der Waals surface area contributed by atoms with Crippen LogP contribution >= 0.6 is 15.9 Å². The maximum absolute atomic E-state index is 3.63. The number of nitrogens with zero attached hydrogens (tertiary/aromatic N) is 1. The van der Waals surface area contributed by atoms with Gasteiger partial charge in [-0.05, 0) is 40.4 Å². The van der Waals surface area contributed by atoms with E-state index >= 15 is 0 Å². The number of aryl methyl sites for hydroxylation is 1. The maximum atomic E-state index is 3.63. The van der Waals surface area contributed by atoms with Gasteiger partial charge >= 0.3 is 0 Å². The summed E-state index contributed by atoms with van der Waals surface area (Å²) in [6.45, 7) is 6.82. The molecular formula is C11H14BrN. The van der Waals surface area contributed by atoms with Crippen LogP contribution in [-0.4, -0.2) is 13.1 Å². The molecule has 1 fully saturated rings. The second-order valence-corrected chi connectivity index (χ2v) is 4.71. The molecule has 1 aliphatic rings. The minimum Gasteiger partial charge on any atom is -0.370 e. The summed E-state index contributed by atoms with van der Waals surface area (Å²) in [7, 11) is 0. The van der Waals surface area contributed by atoms with Gasteiger partial charge in [0.2, 0.25) is 0 Å². The van der Waals surface area contributed by atoms with E-state index in [0.717, 1.165) is 5.92 Å². The van der Waals surface area contributed by atoms with Crippen LogP contribution < -0.4 is 4.90 Å². The van der Waals surface area contributed by atoms with E-state index in [4.69, 9.17) is 0 Å². The summed E-state index contributed by atoms with van der Waals surface area (Å²) in [6, 6.07) is 6.44. The van der Waals surface area contributed by atoms with Gasteiger partial charge in [0, 0.05) is 17.6 Å². The highest BCUT2D eigenvalue weighted by Crippen LogP contribution is 2.33. The molecule has 2 rings (SSSR count). The van der Waals surface area contributed by atoms with Crippen molar-refractivity contribution >= 4 is 21.6 Å². The van der Waals surface area contributed by atoms with Crippen LogP contribution in [0.25, 0.3) is 0 Å². The molecule has 0 N–H and O–H groups in total. The Balaban J connectivity index is 2.26. The van der Waals surface area contributed by atoms with Crippen molar-refractivity contribution in [2.24, 2.45) is 5.92 Å². The highest BCUT2D eigenvalue weighted by Gasteiger charge is 2.24. The SMILES string of the molecule is Cc1cccc(N2CC(C)C2)c1Br. The first-order valence-electron chi connectivity index (χ1n) is 4.68. The lowest BCUT2D eigenvalue weighted by atomic mass is 10.0. The van der Waals surface area contributed by atoms with Gasteiger partial charge in [-0.1, -0.05) is 19.1 Å². The van der Waals surface area contributed by atoms with Crippen LogP contribution in [0.1, 0.15) is 12.5 Å². The van der Waals surface area contributed by atoms with Crippen LogP contribution in [-0.2, 0) is 0 Å². The van der Waals surface area contributed by atoms with E-state index in [1.807, 2.05) is 0 Å². The first kappa shape index (κ1) is 9.07. The molecule has 1 aromatic rings. The average molecular weight is 240 g/mol. The van der Waals surface area contributed by atoms with Gasteiger partial charge in [-0.15, -0.1) is 0 Å². The third-order valence-electron chi connectivity index (χ3n) is 2.58. The van der Waals surface area contributed by atoms with Crippen LogP contribution in [0.4, 0.5) is 5.69 Å². The predicted octanol–water partition coefficient (Wildman–Crippen LogP) is 3.21.